The second kappa shape index (κ2) is 7.16. The average Bonchev–Trinajstić information content (AvgIpc) is 3.56. The van der Waals surface area contributed by atoms with Crippen LogP contribution in [0.4, 0.5) is 0 Å². The van der Waals surface area contributed by atoms with Crippen molar-refractivity contribution in [2.45, 2.75) is 19.4 Å². The first-order valence-corrected chi connectivity index (χ1v) is 10.4. The Kier molecular flexibility index (Phi) is 4.14. The first-order chi connectivity index (χ1) is 15.7. The molecular formula is C23H19N7O2. The van der Waals surface area contributed by atoms with Gasteiger partial charge in [-0.1, -0.05) is 12.1 Å². The molecule has 0 fully saturated rings. The van der Waals surface area contributed by atoms with Gasteiger partial charge in [-0.05, 0) is 37.3 Å². The van der Waals surface area contributed by atoms with E-state index in [2.05, 4.69) is 19.9 Å². The fourth-order valence-electron chi connectivity index (χ4n) is 4.21. The Balaban J connectivity index is 1.43. The summed E-state index contributed by atoms with van der Waals surface area (Å²) in [5.74, 6) is 0.291. The SMILES string of the molecule is Cc1nc(-c2ccccn2)oc1C(=O)N1CCc2[nH]cnc2C1c1cc2ccccn2n1. The van der Waals surface area contributed by atoms with Crippen LogP contribution in [-0.2, 0) is 6.42 Å². The Labute approximate surface area is 182 Å². The van der Waals surface area contributed by atoms with Gasteiger partial charge in [0.2, 0.25) is 11.7 Å². The number of aromatic amines is 1. The van der Waals surface area contributed by atoms with Gasteiger partial charge in [-0.3, -0.25) is 9.78 Å². The molecule has 1 unspecified atom stereocenters. The van der Waals surface area contributed by atoms with Gasteiger partial charge in [0, 0.05) is 31.1 Å². The lowest BCUT2D eigenvalue weighted by Crippen LogP contribution is -2.41. The van der Waals surface area contributed by atoms with Gasteiger partial charge in [-0.2, -0.15) is 5.10 Å². The largest absolute Gasteiger partial charge is 0.429 e. The maximum atomic E-state index is 13.7. The van der Waals surface area contributed by atoms with Gasteiger partial charge in [0.1, 0.15) is 11.7 Å². The molecule has 9 nitrogen and oxygen atoms in total. The summed E-state index contributed by atoms with van der Waals surface area (Å²) in [6.07, 6.45) is 5.89. The highest BCUT2D eigenvalue weighted by Gasteiger charge is 2.38. The summed E-state index contributed by atoms with van der Waals surface area (Å²) in [7, 11) is 0. The molecule has 0 aliphatic carbocycles. The number of fused-ring (bicyclic) bond motifs is 2. The minimum atomic E-state index is -0.430. The van der Waals surface area contributed by atoms with Crippen molar-refractivity contribution in [3.8, 4) is 11.6 Å². The molecule has 32 heavy (non-hydrogen) atoms. The first-order valence-electron chi connectivity index (χ1n) is 10.4. The highest BCUT2D eigenvalue weighted by Crippen LogP contribution is 2.35. The molecule has 158 valence electrons. The van der Waals surface area contributed by atoms with Crippen molar-refractivity contribution in [1.82, 2.24) is 34.4 Å². The molecule has 5 aromatic rings. The average molecular weight is 425 g/mol. The quantitative estimate of drug-likeness (QED) is 0.476. The van der Waals surface area contributed by atoms with Crippen molar-refractivity contribution < 1.29 is 9.21 Å². The first kappa shape index (κ1) is 18.5. The third-order valence-electron chi connectivity index (χ3n) is 5.73. The fourth-order valence-corrected chi connectivity index (χ4v) is 4.21. The van der Waals surface area contributed by atoms with Crippen LogP contribution in [0, 0.1) is 6.92 Å². The standard InChI is InChI=1S/C23H19N7O2/c1-14-21(32-22(27-14)17-7-2-4-9-24-17)23(31)29-11-8-16-19(26-13-25-16)20(29)18-12-15-6-3-5-10-30(15)28-18/h2-7,9-10,12-13,20H,8,11H2,1H3,(H,25,26). The molecule has 1 amide bonds. The third-order valence-corrected chi connectivity index (χ3v) is 5.73. The van der Waals surface area contributed by atoms with Gasteiger partial charge < -0.3 is 14.3 Å². The third kappa shape index (κ3) is 2.89. The number of hydrogen-bond acceptors (Lipinski definition) is 6. The Hall–Kier alpha value is -4.27. The minimum Gasteiger partial charge on any atom is -0.429 e. The van der Waals surface area contributed by atoms with E-state index in [-0.39, 0.29) is 11.7 Å². The Morgan fingerprint density at radius 3 is 2.94 bits per heavy atom. The topological polar surface area (TPSA) is 105 Å². The summed E-state index contributed by atoms with van der Waals surface area (Å²) >= 11 is 0. The molecule has 1 N–H and O–H groups in total. The Bertz CT molecular complexity index is 1400. The van der Waals surface area contributed by atoms with E-state index in [1.54, 1.807) is 34.9 Å². The van der Waals surface area contributed by atoms with Crippen molar-refractivity contribution in [1.29, 1.82) is 0 Å². The minimum absolute atomic E-state index is 0.207. The Morgan fingerprint density at radius 2 is 2.09 bits per heavy atom. The highest BCUT2D eigenvalue weighted by atomic mass is 16.4. The maximum Gasteiger partial charge on any atom is 0.292 e. The zero-order valence-corrected chi connectivity index (χ0v) is 17.3. The number of carbonyl (C=O) groups is 1. The van der Waals surface area contributed by atoms with Gasteiger partial charge in [0.25, 0.3) is 5.91 Å². The van der Waals surface area contributed by atoms with E-state index in [4.69, 9.17) is 9.52 Å². The number of oxazole rings is 1. The number of hydrogen-bond donors (Lipinski definition) is 1. The zero-order chi connectivity index (χ0) is 21.7. The summed E-state index contributed by atoms with van der Waals surface area (Å²) in [6.45, 7) is 2.28. The van der Waals surface area contributed by atoms with Crippen molar-refractivity contribution >= 4 is 11.4 Å². The van der Waals surface area contributed by atoms with E-state index in [9.17, 15) is 4.79 Å². The Morgan fingerprint density at radius 1 is 1.19 bits per heavy atom. The molecule has 1 atom stereocenters. The van der Waals surface area contributed by atoms with E-state index in [1.165, 1.54) is 0 Å². The van der Waals surface area contributed by atoms with Gasteiger partial charge in [-0.15, -0.1) is 0 Å². The van der Waals surface area contributed by atoms with Crippen molar-refractivity contribution in [3.05, 3.63) is 89.7 Å². The number of H-pyrrole nitrogens is 1. The number of nitrogens with zero attached hydrogens (tertiary/aromatic N) is 6. The summed E-state index contributed by atoms with van der Waals surface area (Å²) in [4.78, 5) is 31.9. The van der Waals surface area contributed by atoms with Crippen molar-refractivity contribution in [2.75, 3.05) is 6.54 Å². The second-order valence-electron chi connectivity index (χ2n) is 7.71. The molecule has 6 rings (SSSR count). The van der Waals surface area contributed by atoms with Crippen LogP contribution in [0.1, 0.15) is 39.4 Å². The molecule has 0 spiro atoms. The van der Waals surface area contributed by atoms with E-state index < -0.39 is 6.04 Å². The molecule has 9 heteroatoms. The number of nitrogens with one attached hydrogen (secondary N) is 1. The number of imidazole rings is 1. The molecule has 0 radical (unpaired) electrons. The van der Waals surface area contributed by atoms with Crippen molar-refractivity contribution in [3.63, 3.8) is 0 Å². The second-order valence-corrected chi connectivity index (χ2v) is 7.71. The van der Waals surface area contributed by atoms with Crippen LogP contribution >= 0.6 is 0 Å². The van der Waals surface area contributed by atoms with Gasteiger partial charge in [0.15, 0.2) is 0 Å². The van der Waals surface area contributed by atoms with Crippen LogP contribution in [0.25, 0.3) is 17.1 Å². The molecule has 6 heterocycles. The van der Waals surface area contributed by atoms with Crippen LogP contribution in [0.15, 0.2) is 65.6 Å². The van der Waals surface area contributed by atoms with Crippen LogP contribution in [-0.4, -0.2) is 46.9 Å². The molecule has 0 bridgehead atoms. The molecule has 0 saturated carbocycles. The lowest BCUT2D eigenvalue weighted by atomic mass is 9.99. The summed E-state index contributed by atoms with van der Waals surface area (Å²) in [5, 5.41) is 4.73. The molecule has 5 aromatic heterocycles. The monoisotopic (exact) mass is 425 g/mol. The fraction of sp³-hybridized carbons (Fsp3) is 0.174. The predicted molar refractivity (Wildman–Crippen MR) is 115 cm³/mol. The lowest BCUT2D eigenvalue weighted by molar-refractivity contribution is 0.0654. The number of carbonyl (C=O) groups excluding carboxylic acids is 1. The lowest BCUT2D eigenvalue weighted by Gasteiger charge is -2.33. The maximum absolute atomic E-state index is 13.7. The highest BCUT2D eigenvalue weighted by molar-refractivity contribution is 5.93. The van der Waals surface area contributed by atoms with Crippen LogP contribution in [0.3, 0.4) is 0 Å². The van der Waals surface area contributed by atoms with Gasteiger partial charge in [-0.25, -0.2) is 14.5 Å². The number of rotatable bonds is 3. The van der Waals surface area contributed by atoms with Crippen LogP contribution in [0.2, 0.25) is 0 Å². The summed E-state index contributed by atoms with van der Waals surface area (Å²) in [5.41, 5.74) is 4.62. The molecule has 1 aliphatic rings. The smallest absolute Gasteiger partial charge is 0.292 e. The summed E-state index contributed by atoms with van der Waals surface area (Å²) < 4.78 is 7.71. The molecule has 0 aromatic carbocycles. The van der Waals surface area contributed by atoms with Crippen LogP contribution in [0.5, 0.6) is 0 Å². The molecule has 1 aliphatic heterocycles. The van der Waals surface area contributed by atoms with E-state index >= 15 is 0 Å². The van der Waals surface area contributed by atoms with Gasteiger partial charge in [0.05, 0.1) is 28.9 Å². The van der Waals surface area contributed by atoms with E-state index in [0.29, 0.717) is 30.2 Å². The number of amides is 1. The molecular weight excluding hydrogens is 406 g/mol. The van der Waals surface area contributed by atoms with E-state index in [0.717, 1.165) is 22.6 Å². The van der Waals surface area contributed by atoms with Crippen LogP contribution < -0.4 is 0 Å². The van der Waals surface area contributed by atoms with Crippen molar-refractivity contribution in [2.24, 2.45) is 0 Å². The number of aryl methyl sites for hydroxylation is 1. The predicted octanol–water partition coefficient (Wildman–Crippen LogP) is 3.20. The number of aromatic nitrogens is 6. The normalized spacial score (nSPS) is 15.8. The van der Waals surface area contributed by atoms with E-state index in [1.807, 2.05) is 42.6 Å². The van der Waals surface area contributed by atoms with Gasteiger partial charge >= 0.3 is 0 Å². The summed E-state index contributed by atoms with van der Waals surface area (Å²) in [6, 6.07) is 12.9. The zero-order valence-electron chi connectivity index (χ0n) is 17.3. The number of pyridine rings is 2. The molecule has 0 saturated heterocycles.